The van der Waals surface area contributed by atoms with E-state index >= 15 is 0 Å². The lowest BCUT2D eigenvalue weighted by atomic mass is 10.2. The zero-order valence-corrected chi connectivity index (χ0v) is 10.0. The van der Waals surface area contributed by atoms with Gasteiger partial charge in [0.05, 0.1) is 5.56 Å². The minimum Gasteiger partial charge on any atom is -0.478 e. The van der Waals surface area contributed by atoms with Crippen LogP contribution in [0.4, 0.5) is 0 Å². The fourth-order valence-electron chi connectivity index (χ4n) is 1.35. The highest BCUT2D eigenvalue weighted by atomic mass is 32.2. The molecule has 0 bridgehead atoms. The maximum absolute atomic E-state index is 10.7. The molecular weight excluding hydrogens is 248 g/mol. The molecule has 0 fully saturated rings. The summed E-state index contributed by atoms with van der Waals surface area (Å²) in [6, 6.07) is 12.1. The van der Waals surface area contributed by atoms with Crippen molar-refractivity contribution >= 4 is 17.7 Å². The summed E-state index contributed by atoms with van der Waals surface area (Å²) in [4.78, 5) is 16.3. The number of carbonyl (C=O) groups is 1. The van der Waals surface area contributed by atoms with Crippen LogP contribution in [0.5, 0.6) is 0 Å². The Morgan fingerprint density at radius 3 is 2.61 bits per heavy atom. The lowest BCUT2D eigenvalue weighted by Gasteiger charge is -2.03. The van der Waals surface area contributed by atoms with Gasteiger partial charge >= 0.3 is 5.97 Å². The molecule has 5 heteroatoms. The number of hydrogen-bond donors (Lipinski definition) is 1. The van der Waals surface area contributed by atoms with E-state index in [2.05, 4.69) is 4.98 Å². The van der Waals surface area contributed by atoms with Gasteiger partial charge in [-0.2, -0.15) is 5.26 Å². The van der Waals surface area contributed by atoms with Crippen LogP contribution in [-0.4, -0.2) is 16.1 Å². The molecule has 1 N–H and O–H groups in total. The number of aromatic nitrogens is 1. The van der Waals surface area contributed by atoms with Crippen LogP contribution in [-0.2, 0) is 0 Å². The maximum Gasteiger partial charge on any atom is 0.335 e. The monoisotopic (exact) mass is 256 g/mol. The Morgan fingerprint density at radius 2 is 2.00 bits per heavy atom. The van der Waals surface area contributed by atoms with Crippen molar-refractivity contribution in [3.8, 4) is 6.07 Å². The number of aromatic carboxylic acids is 1. The van der Waals surface area contributed by atoms with E-state index < -0.39 is 5.97 Å². The molecule has 88 valence electrons. The Morgan fingerprint density at radius 1 is 1.28 bits per heavy atom. The molecule has 4 nitrogen and oxygen atoms in total. The maximum atomic E-state index is 10.7. The molecular formula is C13H8N2O2S. The molecule has 0 saturated heterocycles. The summed E-state index contributed by atoms with van der Waals surface area (Å²) in [5.74, 6) is -0.953. The lowest BCUT2D eigenvalue weighted by Crippen LogP contribution is -1.94. The Balaban J connectivity index is 2.24. The third kappa shape index (κ3) is 2.67. The fourth-order valence-corrected chi connectivity index (χ4v) is 2.22. The number of nitrogens with zero attached hydrogens (tertiary/aromatic N) is 2. The first kappa shape index (κ1) is 12.1. The first-order chi connectivity index (χ1) is 8.70. The number of hydrogen-bond acceptors (Lipinski definition) is 4. The summed E-state index contributed by atoms with van der Waals surface area (Å²) in [5.41, 5.74) is 0.607. The Hall–Kier alpha value is -2.32. The Bertz CT molecular complexity index is 618. The van der Waals surface area contributed by atoms with Gasteiger partial charge in [-0.15, -0.1) is 0 Å². The standard InChI is InChI=1S/C13H8N2O2S/c14-8-11-12(2-1-7-15-11)18-10-5-3-9(4-6-10)13(16)17/h1-7H,(H,16,17). The van der Waals surface area contributed by atoms with Gasteiger partial charge in [0.1, 0.15) is 6.07 Å². The van der Waals surface area contributed by atoms with Crippen LogP contribution < -0.4 is 0 Å². The van der Waals surface area contributed by atoms with Gasteiger partial charge in [0.15, 0.2) is 5.69 Å². The molecule has 0 radical (unpaired) electrons. The molecule has 0 amide bonds. The molecule has 1 aromatic heterocycles. The van der Waals surface area contributed by atoms with Crippen molar-refractivity contribution in [2.24, 2.45) is 0 Å². The summed E-state index contributed by atoms with van der Waals surface area (Å²) in [6.45, 7) is 0. The van der Waals surface area contributed by atoms with Crippen LogP contribution in [0.15, 0.2) is 52.4 Å². The number of carboxylic acids is 1. The number of rotatable bonds is 3. The molecule has 0 unspecified atom stereocenters. The Labute approximate surface area is 108 Å². The van der Waals surface area contributed by atoms with E-state index in [1.807, 2.05) is 6.07 Å². The van der Waals surface area contributed by atoms with E-state index in [9.17, 15) is 4.79 Å². The predicted molar refractivity (Wildman–Crippen MR) is 66.5 cm³/mol. The topological polar surface area (TPSA) is 74.0 Å². The molecule has 2 aromatic rings. The van der Waals surface area contributed by atoms with E-state index in [1.54, 1.807) is 30.5 Å². The van der Waals surface area contributed by atoms with Crippen molar-refractivity contribution in [2.45, 2.75) is 9.79 Å². The van der Waals surface area contributed by atoms with Gasteiger partial charge in [0.2, 0.25) is 0 Å². The second-order valence-electron chi connectivity index (χ2n) is 3.39. The number of benzene rings is 1. The molecule has 0 aliphatic heterocycles. The van der Waals surface area contributed by atoms with Gasteiger partial charge in [0, 0.05) is 16.0 Å². The van der Waals surface area contributed by atoms with Crippen LogP contribution in [0, 0.1) is 11.3 Å². The molecule has 2 rings (SSSR count). The zero-order valence-electron chi connectivity index (χ0n) is 9.20. The summed E-state index contributed by atoms with van der Waals surface area (Å²) >= 11 is 1.38. The summed E-state index contributed by atoms with van der Waals surface area (Å²) in [5, 5.41) is 17.7. The number of nitriles is 1. The molecule has 0 aliphatic rings. The van der Waals surface area contributed by atoms with Crippen molar-refractivity contribution in [3.63, 3.8) is 0 Å². The van der Waals surface area contributed by atoms with Crippen molar-refractivity contribution < 1.29 is 9.90 Å². The summed E-state index contributed by atoms with van der Waals surface area (Å²) < 4.78 is 0. The summed E-state index contributed by atoms with van der Waals surface area (Å²) in [7, 11) is 0. The van der Waals surface area contributed by atoms with Crippen molar-refractivity contribution in [1.29, 1.82) is 5.26 Å². The highest BCUT2D eigenvalue weighted by molar-refractivity contribution is 7.99. The Kier molecular flexibility index (Phi) is 3.60. The quantitative estimate of drug-likeness (QED) is 0.914. The summed E-state index contributed by atoms with van der Waals surface area (Å²) in [6.07, 6.45) is 1.57. The van der Waals surface area contributed by atoms with Crippen molar-refractivity contribution in [1.82, 2.24) is 4.98 Å². The van der Waals surface area contributed by atoms with Crippen LogP contribution >= 0.6 is 11.8 Å². The third-order valence-corrected chi connectivity index (χ3v) is 3.26. The molecule has 18 heavy (non-hydrogen) atoms. The molecule has 0 aliphatic carbocycles. The van der Waals surface area contributed by atoms with Crippen molar-refractivity contribution in [2.75, 3.05) is 0 Å². The van der Waals surface area contributed by atoms with E-state index in [4.69, 9.17) is 10.4 Å². The van der Waals surface area contributed by atoms with E-state index in [0.29, 0.717) is 5.69 Å². The average molecular weight is 256 g/mol. The van der Waals surface area contributed by atoms with Gasteiger partial charge in [-0.05, 0) is 36.4 Å². The zero-order chi connectivity index (χ0) is 13.0. The van der Waals surface area contributed by atoms with Gasteiger partial charge in [-0.25, -0.2) is 9.78 Å². The van der Waals surface area contributed by atoms with E-state index in [-0.39, 0.29) is 5.56 Å². The largest absolute Gasteiger partial charge is 0.478 e. The molecule has 0 spiro atoms. The second kappa shape index (κ2) is 5.34. The third-order valence-electron chi connectivity index (χ3n) is 2.21. The van der Waals surface area contributed by atoms with Gasteiger partial charge < -0.3 is 5.11 Å². The van der Waals surface area contributed by atoms with Gasteiger partial charge in [-0.1, -0.05) is 11.8 Å². The highest BCUT2D eigenvalue weighted by Crippen LogP contribution is 2.29. The van der Waals surface area contributed by atoms with Crippen LogP contribution in [0.3, 0.4) is 0 Å². The predicted octanol–water partition coefficient (Wildman–Crippen LogP) is 2.80. The fraction of sp³-hybridized carbons (Fsp3) is 0. The normalized spacial score (nSPS) is 9.72. The minimum atomic E-state index is -0.953. The average Bonchev–Trinajstić information content (AvgIpc) is 2.40. The second-order valence-corrected chi connectivity index (χ2v) is 4.51. The first-order valence-electron chi connectivity index (χ1n) is 5.07. The molecule has 1 aromatic carbocycles. The van der Waals surface area contributed by atoms with Crippen molar-refractivity contribution in [3.05, 3.63) is 53.9 Å². The SMILES string of the molecule is N#Cc1ncccc1Sc1ccc(C(=O)O)cc1. The molecule has 1 heterocycles. The number of pyridine rings is 1. The van der Waals surface area contributed by atoms with Crippen LogP contribution in [0.2, 0.25) is 0 Å². The van der Waals surface area contributed by atoms with E-state index in [0.717, 1.165) is 9.79 Å². The van der Waals surface area contributed by atoms with Crippen LogP contribution in [0.25, 0.3) is 0 Å². The highest BCUT2D eigenvalue weighted by Gasteiger charge is 2.06. The van der Waals surface area contributed by atoms with Gasteiger partial charge in [0.25, 0.3) is 0 Å². The van der Waals surface area contributed by atoms with Gasteiger partial charge in [-0.3, -0.25) is 0 Å². The smallest absolute Gasteiger partial charge is 0.335 e. The van der Waals surface area contributed by atoms with Crippen LogP contribution in [0.1, 0.15) is 16.1 Å². The minimum absolute atomic E-state index is 0.242. The lowest BCUT2D eigenvalue weighted by molar-refractivity contribution is 0.0697. The molecule has 0 atom stereocenters. The van der Waals surface area contributed by atoms with E-state index in [1.165, 1.54) is 23.9 Å². The number of carboxylic acid groups (broad SMARTS) is 1. The first-order valence-corrected chi connectivity index (χ1v) is 5.88. The molecule has 0 saturated carbocycles.